The summed E-state index contributed by atoms with van der Waals surface area (Å²) in [4.78, 5) is 4.43. The fourth-order valence-electron chi connectivity index (χ4n) is 1.10. The summed E-state index contributed by atoms with van der Waals surface area (Å²) in [6.45, 7) is 3.28. The number of allylic oxidation sites excluding steroid dienone is 2. The summed E-state index contributed by atoms with van der Waals surface area (Å²) in [6.07, 6.45) is 10.7. The van der Waals surface area contributed by atoms with Crippen LogP contribution in [0.5, 0.6) is 0 Å². The van der Waals surface area contributed by atoms with Gasteiger partial charge in [-0.1, -0.05) is 32.3 Å². The van der Waals surface area contributed by atoms with Gasteiger partial charge in [-0.3, -0.25) is 4.99 Å². The summed E-state index contributed by atoms with van der Waals surface area (Å²) >= 11 is 0. The molecule has 1 rings (SSSR count). The summed E-state index contributed by atoms with van der Waals surface area (Å²) < 4.78 is 0. The monoisotopic (exact) mass is 159 g/mol. The molecule has 0 saturated heterocycles. The Morgan fingerprint density at radius 1 is 1.42 bits per heavy atom. The summed E-state index contributed by atoms with van der Waals surface area (Å²) in [5.74, 6) is 0. The van der Waals surface area contributed by atoms with Crippen molar-refractivity contribution in [2.45, 2.75) is 39.0 Å². The third kappa shape index (κ3) is 4.80. The summed E-state index contributed by atoms with van der Waals surface area (Å²) in [5.41, 5.74) is 1.29. The van der Waals surface area contributed by atoms with Crippen molar-refractivity contribution in [1.29, 1.82) is 0 Å². The van der Waals surface area contributed by atoms with Gasteiger partial charge in [0.25, 0.3) is 0 Å². The van der Waals surface area contributed by atoms with Gasteiger partial charge in [-0.25, -0.2) is 0 Å². The average molecular weight is 159 g/mol. The van der Waals surface area contributed by atoms with Gasteiger partial charge in [-0.2, -0.15) is 0 Å². The van der Waals surface area contributed by atoms with E-state index in [1.807, 2.05) is 0 Å². The van der Waals surface area contributed by atoms with E-state index in [4.69, 9.17) is 0 Å². The first-order valence-electron chi connectivity index (χ1n) is 4.63. The van der Waals surface area contributed by atoms with Crippen molar-refractivity contribution in [2.24, 2.45) is 4.99 Å². The minimum absolute atomic E-state index is 0. The van der Waals surface area contributed by atoms with Gasteiger partial charge in [0.2, 0.25) is 0 Å². The zero-order chi connectivity index (χ0) is 7.94. The van der Waals surface area contributed by atoms with Gasteiger partial charge < -0.3 is 1.43 Å². The number of aliphatic imine (C=N–C) groups is 1. The molecule has 0 atom stereocenters. The van der Waals surface area contributed by atoms with Gasteiger partial charge >= 0.3 is 18.9 Å². The maximum absolute atomic E-state index is 4.43. The average Bonchev–Trinajstić information content (AvgIpc) is 1.93. The van der Waals surface area contributed by atoms with Crippen LogP contribution in [0.2, 0.25) is 0 Å². The smallest absolute Gasteiger partial charge is 1.00 e. The van der Waals surface area contributed by atoms with Crippen LogP contribution in [0.3, 0.4) is 0 Å². The quantitative estimate of drug-likeness (QED) is 0.398. The topological polar surface area (TPSA) is 12.4 Å². The molecule has 0 spiro atoms. The first kappa shape index (κ1) is 12.0. The molecule has 0 unspecified atom stereocenters. The summed E-state index contributed by atoms with van der Waals surface area (Å²) in [6, 6.07) is 0. The Balaban J connectivity index is 0. The molecule has 0 fully saturated rings. The van der Waals surface area contributed by atoms with E-state index >= 15 is 0 Å². The Kier molecular flexibility index (Phi) is 7.65. The molecule has 0 N–H and O–H groups in total. The van der Waals surface area contributed by atoms with Crippen molar-refractivity contribution in [3.8, 4) is 0 Å². The maximum atomic E-state index is 4.43. The van der Waals surface area contributed by atoms with Crippen molar-refractivity contribution in [3.05, 3.63) is 12.2 Å². The number of hydrogen-bond donors (Lipinski definition) is 0. The molecule has 0 aromatic heterocycles. The summed E-state index contributed by atoms with van der Waals surface area (Å²) in [7, 11) is 0. The van der Waals surface area contributed by atoms with E-state index in [2.05, 4.69) is 24.1 Å². The van der Waals surface area contributed by atoms with Gasteiger partial charge in [0.15, 0.2) is 0 Å². The van der Waals surface area contributed by atoms with Gasteiger partial charge in [-0.15, -0.1) is 0 Å². The van der Waals surface area contributed by atoms with Crippen molar-refractivity contribution >= 4 is 5.71 Å². The van der Waals surface area contributed by atoms with E-state index in [1.54, 1.807) is 0 Å². The molecule has 0 saturated carbocycles. The Labute approximate surface area is 89.0 Å². The van der Waals surface area contributed by atoms with E-state index in [0.717, 1.165) is 13.0 Å². The van der Waals surface area contributed by atoms with Crippen LogP contribution in [0, 0.1) is 0 Å². The molecule has 0 aliphatic heterocycles. The van der Waals surface area contributed by atoms with E-state index in [9.17, 15) is 0 Å². The third-order valence-corrected chi connectivity index (χ3v) is 1.96. The Hall–Kier alpha value is 0.00740. The Morgan fingerprint density at radius 3 is 2.67 bits per heavy atom. The molecule has 1 aliphatic rings. The largest absolute Gasteiger partial charge is 1.00 e. The van der Waals surface area contributed by atoms with E-state index in [1.165, 1.54) is 31.4 Å². The maximum Gasteiger partial charge on any atom is 1.00 e. The van der Waals surface area contributed by atoms with Gasteiger partial charge in [0.1, 0.15) is 0 Å². The van der Waals surface area contributed by atoms with E-state index < -0.39 is 0 Å². The van der Waals surface area contributed by atoms with Crippen LogP contribution in [-0.4, -0.2) is 12.3 Å². The van der Waals surface area contributed by atoms with Crippen LogP contribution in [-0.2, 0) is 0 Å². The minimum atomic E-state index is 0. The number of nitrogens with zero attached hydrogens (tertiary/aromatic N) is 1. The van der Waals surface area contributed by atoms with Crippen molar-refractivity contribution in [1.82, 2.24) is 0 Å². The van der Waals surface area contributed by atoms with Gasteiger partial charge in [-0.05, 0) is 12.5 Å². The number of unbranched alkanes of at least 4 members (excludes halogenated alkanes) is 3. The van der Waals surface area contributed by atoms with Gasteiger partial charge in [0.05, 0.1) is 0 Å². The number of rotatable bonds is 5. The van der Waals surface area contributed by atoms with Crippen molar-refractivity contribution in [2.75, 3.05) is 6.54 Å². The predicted octanol–water partition coefficient (Wildman–Crippen LogP) is 0.0841. The SMILES string of the molecule is CCCCCCN=C1C=CC1.[H-].[Li+]. The van der Waals surface area contributed by atoms with Crippen LogP contribution in [0.15, 0.2) is 17.1 Å². The normalized spacial score (nSPS) is 17.2. The van der Waals surface area contributed by atoms with Crippen LogP contribution >= 0.6 is 0 Å². The molecular formula is C10H18LiN. The van der Waals surface area contributed by atoms with Crippen LogP contribution in [0.1, 0.15) is 40.5 Å². The second-order valence-corrected chi connectivity index (χ2v) is 3.04. The van der Waals surface area contributed by atoms with E-state index in [0.29, 0.717) is 0 Å². The molecule has 0 amide bonds. The molecule has 0 bridgehead atoms. The molecule has 0 aromatic carbocycles. The standard InChI is InChI=1S/C10H17N.Li.H/c1-2-3-4-5-9-11-10-7-6-8-10;;/h6-7H,2-5,8-9H2,1H3;;/q;+1;-1. The minimum Gasteiger partial charge on any atom is -1.00 e. The molecule has 0 aromatic rings. The van der Waals surface area contributed by atoms with Gasteiger partial charge in [0, 0.05) is 18.7 Å². The molecule has 64 valence electrons. The molecule has 2 heteroatoms. The zero-order valence-electron chi connectivity index (χ0n) is 9.34. The molecular weight excluding hydrogens is 141 g/mol. The molecule has 0 radical (unpaired) electrons. The molecule has 1 nitrogen and oxygen atoms in total. The second-order valence-electron chi connectivity index (χ2n) is 3.04. The third-order valence-electron chi connectivity index (χ3n) is 1.96. The fourth-order valence-corrected chi connectivity index (χ4v) is 1.10. The molecule has 12 heavy (non-hydrogen) atoms. The van der Waals surface area contributed by atoms with Crippen molar-refractivity contribution < 1.29 is 20.3 Å². The van der Waals surface area contributed by atoms with Crippen molar-refractivity contribution in [3.63, 3.8) is 0 Å². The predicted molar refractivity (Wildman–Crippen MR) is 51.3 cm³/mol. The van der Waals surface area contributed by atoms with E-state index in [-0.39, 0.29) is 20.3 Å². The number of hydrogen-bond acceptors (Lipinski definition) is 1. The van der Waals surface area contributed by atoms with Crippen LogP contribution in [0.4, 0.5) is 0 Å². The Bertz CT molecular complexity index is 166. The van der Waals surface area contributed by atoms with Crippen LogP contribution < -0.4 is 18.9 Å². The second kappa shape index (κ2) is 7.65. The molecule has 1 aliphatic carbocycles. The van der Waals surface area contributed by atoms with Crippen LogP contribution in [0.25, 0.3) is 0 Å². The zero-order valence-corrected chi connectivity index (χ0v) is 8.34. The Morgan fingerprint density at radius 2 is 2.17 bits per heavy atom. The summed E-state index contributed by atoms with van der Waals surface area (Å²) in [5, 5.41) is 0. The first-order chi connectivity index (χ1) is 5.43. The molecule has 0 heterocycles. The fraction of sp³-hybridized carbons (Fsp3) is 0.700. The first-order valence-corrected chi connectivity index (χ1v) is 4.63.